The Hall–Kier alpha value is -1.69. The van der Waals surface area contributed by atoms with Crippen LogP contribution < -0.4 is 10.7 Å². The van der Waals surface area contributed by atoms with Crippen molar-refractivity contribution in [2.75, 3.05) is 0 Å². The average Bonchev–Trinajstić information content (AvgIpc) is 2.96. The third-order valence-electron chi connectivity index (χ3n) is 3.39. The monoisotopic (exact) mass is 333 g/mol. The SMILES string of the molecule is CCc1nc(CNCc2cc(=O)c3cccc(Cl)c3[nH]2)cs1. The first-order valence-electron chi connectivity index (χ1n) is 7.12. The third-order valence-corrected chi connectivity index (χ3v) is 4.75. The number of aromatic nitrogens is 2. The van der Waals surface area contributed by atoms with Gasteiger partial charge in [0.2, 0.25) is 0 Å². The van der Waals surface area contributed by atoms with E-state index in [1.165, 1.54) is 0 Å². The number of aryl methyl sites for hydroxylation is 1. The molecule has 2 N–H and O–H groups in total. The molecule has 1 aromatic carbocycles. The zero-order valence-electron chi connectivity index (χ0n) is 12.1. The maximum Gasteiger partial charge on any atom is 0.189 e. The second-order valence-electron chi connectivity index (χ2n) is 5.01. The van der Waals surface area contributed by atoms with Crippen LogP contribution in [0.25, 0.3) is 10.9 Å². The molecular weight excluding hydrogens is 318 g/mol. The number of fused-ring (bicyclic) bond motifs is 1. The number of hydrogen-bond acceptors (Lipinski definition) is 4. The lowest BCUT2D eigenvalue weighted by Gasteiger charge is -2.06. The van der Waals surface area contributed by atoms with Gasteiger partial charge in [-0.15, -0.1) is 11.3 Å². The van der Waals surface area contributed by atoms with Crippen LogP contribution in [0.15, 0.2) is 34.4 Å². The van der Waals surface area contributed by atoms with E-state index in [1.54, 1.807) is 35.6 Å². The van der Waals surface area contributed by atoms with Crippen molar-refractivity contribution in [3.63, 3.8) is 0 Å². The molecule has 2 aromatic heterocycles. The number of H-pyrrole nitrogens is 1. The minimum absolute atomic E-state index is 0.0185. The van der Waals surface area contributed by atoms with Crippen LogP contribution in [0, 0.1) is 0 Å². The summed E-state index contributed by atoms with van der Waals surface area (Å²) in [6, 6.07) is 6.95. The molecule has 22 heavy (non-hydrogen) atoms. The van der Waals surface area contributed by atoms with Crippen LogP contribution >= 0.6 is 22.9 Å². The topological polar surface area (TPSA) is 57.8 Å². The van der Waals surface area contributed by atoms with Crippen molar-refractivity contribution in [2.45, 2.75) is 26.4 Å². The molecule has 4 nitrogen and oxygen atoms in total. The lowest BCUT2D eigenvalue weighted by Crippen LogP contribution is -2.16. The Balaban J connectivity index is 1.74. The van der Waals surface area contributed by atoms with Crippen LogP contribution in [0.3, 0.4) is 0 Å². The molecule has 0 saturated carbocycles. The summed E-state index contributed by atoms with van der Waals surface area (Å²) in [5.41, 5.74) is 2.52. The molecular formula is C16H16ClN3OS. The van der Waals surface area contributed by atoms with Gasteiger partial charge in [-0.05, 0) is 18.6 Å². The van der Waals surface area contributed by atoms with Crippen molar-refractivity contribution in [2.24, 2.45) is 0 Å². The number of nitrogens with one attached hydrogen (secondary N) is 2. The number of thiazole rings is 1. The first-order valence-corrected chi connectivity index (χ1v) is 8.37. The van der Waals surface area contributed by atoms with Crippen molar-refractivity contribution in [3.8, 4) is 0 Å². The van der Waals surface area contributed by atoms with Gasteiger partial charge in [0.1, 0.15) is 0 Å². The number of hydrogen-bond donors (Lipinski definition) is 2. The summed E-state index contributed by atoms with van der Waals surface area (Å²) in [5.74, 6) is 0. The van der Waals surface area contributed by atoms with Gasteiger partial charge in [-0.25, -0.2) is 4.98 Å². The molecule has 3 rings (SSSR count). The number of rotatable bonds is 5. The number of pyridine rings is 1. The average molecular weight is 334 g/mol. The molecule has 0 unspecified atom stereocenters. The van der Waals surface area contributed by atoms with Crippen LogP contribution in [-0.4, -0.2) is 9.97 Å². The maximum absolute atomic E-state index is 12.1. The Morgan fingerprint density at radius 1 is 1.36 bits per heavy atom. The number of halogens is 1. The normalized spacial score (nSPS) is 11.2. The van der Waals surface area contributed by atoms with Crippen LogP contribution in [0.2, 0.25) is 5.02 Å². The van der Waals surface area contributed by atoms with Gasteiger partial charge in [0.05, 0.1) is 21.2 Å². The summed E-state index contributed by atoms with van der Waals surface area (Å²) in [4.78, 5) is 19.8. The maximum atomic E-state index is 12.1. The van der Waals surface area contributed by atoms with Gasteiger partial charge < -0.3 is 10.3 Å². The summed E-state index contributed by atoms with van der Waals surface area (Å²) in [6.07, 6.45) is 0.959. The highest BCUT2D eigenvalue weighted by Gasteiger charge is 2.05. The molecule has 0 aliphatic carbocycles. The Bertz CT molecular complexity index is 856. The van der Waals surface area contributed by atoms with Crippen LogP contribution in [0.5, 0.6) is 0 Å². The Morgan fingerprint density at radius 3 is 3.00 bits per heavy atom. The largest absolute Gasteiger partial charge is 0.356 e. The lowest BCUT2D eigenvalue weighted by atomic mass is 10.2. The highest BCUT2D eigenvalue weighted by molar-refractivity contribution is 7.09. The van der Waals surface area contributed by atoms with Gasteiger partial charge in [-0.2, -0.15) is 0 Å². The number of nitrogens with zero attached hydrogens (tertiary/aromatic N) is 1. The summed E-state index contributed by atoms with van der Waals surface area (Å²) < 4.78 is 0. The number of para-hydroxylation sites is 1. The second kappa shape index (κ2) is 6.60. The zero-order chi connectivity index (χ0) is 15.5. The predicted molar refractivity (Wildman–Crippen MR) is 91.6 cm³/mol. The molecule has 2 heterocycles. The fourth-order valence-electron chi connectivity index (χ4n) is 2.30. The molecule has 0 bridgehead atoms. The Morgan fingerprint density at radius 2 is 2.23 bits per heavy atom. The lowest BCUT2D eigenvalue weighted by molar-refractivity contribution is 0.670. The molecule has 0 atom stereocenters. The van der Waals surface area contributed by atoms with Crippen molar-refractivity contribution < 1.29 is 0 Å². The van der Waals surface area contributed by atoms with Crippen LogP contribution in [0.4, 0.5) is 0 Å². The van der Waals surface area contributed by atoms with Gasteiger partial charge >= 0.3 is 0 Å². The predicted octanol–water partition coefficient (Wildman–Crippen LogP) is 3.49. The summed E-state index contributed by atoms with van der Waals surface area (Å²) in [5, 5.41) is 7.67. The summed E-state index contributed by atoms with van der Waals surface area (Å²) >= 11 is 7.83. The highest BCUT2D eigenvalue weighted by atomic mass is 35.5. The second-order valence-corrected chi connectivity index (χ2v) is 6.36. The van der Waals surface area contributed by atoms with Crippen molar-refractivity contribution >= 4 is 33.8 Å². The van der Waals surface area contributed by atoms with E-state index in [0.29, 0.717) is 29.0 Å². The summed E-state index contributed by atoms with van der Waals surface area (Å²) in [6.45, 7) is 3.34. The zero-order valence-corrected chi connectivity index (χ0v) is 13.7. The van der Waals surface area contributed by atoms with Crippen LogP contribution in [0.1, 0.15) is 23.3 Å². The number of benzene rings is 1. The molecule has 0 radical (unpaired) electrons. The Kier molecular flexibility index (Phi) is 4.57. The molecule has 0 fully saturated rings. The van der Waals surface area contributed by atoms with Gasteiger partial charge in [-0.3, -0.25) is 4.79 Å². The van der Waals surface area contributed by atoms with Gasteiger partial charge in [-0.1, -0.05) is 24.6 Å². The minimum Gasteiger partial charge on any atom is -0.356 e. The van der Waals surface area contributed by atoms with Crippen molar-refractivity contribution in [3.05, 3.63) is 61.3 Å². The molecule has 0 aliphatic heterocycles. The van der Waals surface area contributed by atoms with E-state index < -0.39 is 0 Å². The van der Waals surface area contributed by atoms with Gasteiger partial charge in [0.25, 0.3) is 0 Å². The highest BCUT2D eigenvalue weighted by Crippen LogP contribution is 2.19. The summed E-state index contributed by atoms with van der Waals surface area (Å²) in [7, 11) is 0. The van der Waals surface area contributed by atoms with Crippen molar-refractivity contribution in [1.82, 2.24) is 15.3 Å². The molecule has 0 aliphatic rings. The molecule has 0 amide bonds. The third kappa shape index (κ3) is 3.21. The minimum atomic E-state index is -0.0185. The van der Waals surface area contributed by atoms with E-state index in [-0.39, 0.29) is 5.43 Å². The first kappa shape index (κ1) is 15.2. The van der Waals surface area contributed by atoms with E-state index >= 15 is 0 Å². The number of aromatic amines is 1. The fourth-order valence-corrected chi connectivity index (χ4v) is 3.27. The standard InChI is InChI=1S/C16H16ClN3OS/c1-2-15-19-11(9-22-15)8-18-7-10-6-14(21)12-4-3-5-13(17)16(12)20-10/h3-6,9,18H,2,7-8H2,1H3,(H,20,21). The molecule has 114 valence electrons. The molecule has 0 spiro atoms. The molecule has 0 saturated heterocycles. The molecule has 3 aromatic rings. The fraction of sp³-hybridized carbons (Fsp3) is 0.250. The first-order chi connectivity index (χ1) is 10.7. The Labute approximate surface area is 137 Å². The molecule has 6 heteroatoms. The van der Waals surface area contributed by atoms with E-state index in [0.717, 1.165) is 22.8 Å². The van der Waals surface area contributed by atoms with Crippen molar-refractivity contribution in [1.29, 1.82) is 0 Å². The van der Waals surface area contributed by atoms with E-state index in [1.807, 2.05) is 0 Å². The quantitative estimate of drug-likeness (QED) is 0.751. The smallest absolute Gasteiger partial charge is 0.189 e. The van der Waals surface area contributed by atoms with E-state index in [2.05, 4.69) is 27.6 Å². The van der Waals surface area contributed by atoms with Gasteiger partial charge in [0, 0.05) is 35.6 Å². The van der Waals surface area contributed by atoms with E-state index in [9.17, 15) is 4.79 Å². The van der Waals surface area contributed by atoms with Crippen LogP contribution in [-0.2, 0) is 19.5 Å². The van der Waals surface area contributed by atoms with Gasteiger partial charge in [0.15, 0.2) is 5.43 Å². The van der Waals surface area contributed by atoms with E-state index in [4.69, 9.17) is 11.6 Å².